The fourth-order valence-electron chi connectivity index (χ4n) is 2.28. The molecule has 5 nitrogen and oxygen atoms in total. The fraction of sp³-hybridized carbons (Fsp3) is 0.444. The van der Waals surface area contributed by atoms with Crippen molar-refractivity contribution in [3.8, 4) is 5.75 Å². The first kappa shape index (κ1) is 17.1. The van der Waals surface area contributed by atoms with Crippen molar-refractivity contribution in [2.75, 3.05) is 30.8 Å². The molecule has 124 valence electrons. The minimum Gasteiger partial charge on any atom is -0.497 e. The molecule has 1 aromatic heterocycles. The number of aromatic nitrogens is 2. The molecule has 5 heteroatoms. The van der Waals surface area contributed by atoms with Gasteiger partial charge >= 0.3 is 0 Å². The van der Waals surface area contributed by atoms with Crippen LogP contribution in [0.2, 0.25) is 0 Å². The Morgan fingerprint density at radius 3 is 2.83 bits per heavy atom. The van der Waals surface area contributed by atoms with Crippen molar-refractivity contribution in [1.82, 2.24) is 9.97 Å². The number of anilines is 2. The highest BCUT2D eigenvalue weighted by molar-refractivity contribution is 5.39. The molecule has 1 heterocycles. The molecular weight excluding hydrogens is 288 g/mol. The predicted octanol–water partition coefficient (Wildman–Crippen LogP) is 3.74. The van der Waals surface area contributed by atoms with Gasteiger partial charge in [0.15, 0.2) is 0 Å². The molecule has 0 aliphatic carbocycles. The van der Waals surface area contributed by atoms with Crippen LogP contribution in [0.5, 0.6) is 5.75 Å². The van der Waals surface area contributed by atoms with Crippen molar-refractivity contribution in [1.29, 1.82) is 0 Å². The van der Waals surface area contributed by atoms with Crippen LogP contribution in [-0.4, -0.2) is 30.2 Å². The summed E-state index contributed by atoms with van der Waals surface area (Å²) in [5, 5.41) is 6.60. The Bertz CT molecular complexity index is 589. The van der Waals surface area contributed by atoms with Gasteiger partial charge in [-0.3, -0.25) is 0 Å². The quantitative estimate of drug-likeness (QED) is 0.654. The highest BCUT2D eigenvalue weighted by atomic mass is 16.5. The van der Waals surface area contributed by atoms with Crippen LogP contribution in [0.1, 0.15) is 31.7 Å². The van der Waals surface area contributed by atoms with Crippen LogP contribution < -0.4 is 15.4 Å². The summed E-state index contributed by atoms with van der Waals surface area (Å²) in [6, 6.07) is 10.0. The van der Waals surface area contributed by atoms with Crippen molar-refractivity contribution in [2.24, 2.45) is 0 Å². The van der Waals surface area contributed by atoms with Gasteiger partial charge in [0, 0.05) is 19.3 Å². The van der Waals surface area contributed by atoms with Crippen molar-refractivity contribution >= 4 is 11.8 Å². The number of nitrogens with one attached hydrogen (secondary N) is 2. The van der Waals surface area contributed by atoms with Gasteiger partial charge in [-0.2, -0.15) is 4.98 Å². The van der Waals surface area contributed by atoms with Gasteiger partial charge < -0.3 is 15.4 Å². The van der Waals surface area contributed by atoms with E-state index in [1.54, 1.807) is 13.3 Å². The van der Waals surface area contributed by atoms with Gasteiger partial charge in [0.25, 0.3) is 0 Å². The Morgan fingerprint density at radius 1 is 1.09 bits per heavy atom. The van der Waals surface area contributed by atoms with Gasteiger partial charge in [0.05, 0.1) is 7.11 Å². The molecule has 0 amide bonds. The number of nitrogens with zero attached hydrogens (tertiary/aromatic N) is 2. The van der Waals surface area contributed by atoms with Gasteiger partial charge in [-0.1, -0.05) is 31.9 Å². The van der Waals surface area contributed by atoms with Crippen LogP contribution in [0.25, 0.3) is 0 Å². The molecule has 0 aliphatic rings. The second kappa shape index (κ2) is 9.66. The Labute approximate surface area is 138 Å². The van der Waals surface area contributed by atoms with E-state index >= 15 is 0 Å². The first-order chi connectivity index (χ1) is 11.3. The molecule has 0 saturated heterocycles. The van der Waals surface area contributed by atoms with Gasteiger partial charge in [-0.05, 0) is 36.6 Å². The molecule has 23 heavy (non-hydrogen) atoms. The summed E-state index contributed by atoms with van der Waals surface area (Å²) in [6.07, 6.45) is 6.31. The van der Waals surface area contributed by atoms with Crippen molar-refractivity contribution in [3.05, 3.63) is 42.1 Å². The summed E-state index contributed by atoms with van der Waals surface area (Å²) in [4.78, 5) is 8.74. The fourth-order valence-corrected chi connectivity index (χ4v) is 2.28. The largest absolute Gasteiger partial charge is 0.497 e. The van der Waals surface area contributed by atoms with E-state index in [0.717, 1.165) is 31.1 Å². The summed E-state index contributed by atoms with van der Waals surface area (Å²) in [7, 11) is 1.68. The number of benzene rings is 1. The number of rotatable bonds is 10. The maximum atomic E-state index is 5.24. The number of hydrogen-bond donors (Lipinski definition) is 2. The SMILES string of the molecule is CCCCCNc1ccnc(NCCc2cccc(OC)c2)n1. The molecule has 0 radical (unpaired) electrons. The average Bonchev–Trinajstić information content (AvgIpc) is 2.59. The second-order valence-corrected chi connectivity index (χ2v) is 5.43. The maximum Gasteiger partial charge on any atom is 0.224 e. The summed E-state index contributed by atoms with van der Waals surface area (Å²) in [5.41, 5.74) is 1.23. The van der Waals surface area contributed by atoms with Crippen molar-refractivity contribution in [2.45, 2.75) is 32.6 Å². The van der Waals surface area contributed by atoms with Crippen LogP contribution in [0.15, 0.2) is 36.5 Å². The Kier molecular flexibility index (Phi) is 7.17. The monoisotopic (exact) mass is 314 g/mol. The molecule has 0 bridgehead atoms. The predicted molar refractivity (Wildman–Crippen MR) is 95.2 cm³/mol. The summed E-state index contributed by atoms with van der Waals surface area (Å²) >= 11 is 0. The average molecular weight is 314 g/mol. The van der Waals surface area contributed by atoms with Crippen LogP contribution in [0, 0.1) is 0 Å². The van der Waals surface area contributed by atoms with Gasteiger partial charge in [0.1, 0.15) is 11.6 Å². The molecule has 2 aromatic rings. The third-order valence-electron chi connectivity index (χ3n) is 3.57. The molecule has 0 aliphatic heterocycles. The molecule has 0 unspecified atom stereocenters. The lowest BCUT2D eigenvalue weighted by Crippen LogP contribution is -2.10. The van der Waals surface area contributed by atoms with E-state index < -0.39 is 0 Å². The first-order valence-electron chi connectivity index (χ1n) is 8.25. The lowest BCUT2D eigenvalue weighted by Gasteiger charge is -2.09. The van der Waals surface area contributed by atoms with Crippen molar-refractivity contribution in [3.63, 3.8) is 0 Å². The van der Waals surface area contributed by atoms with E-state index in [0.29, 0.717) is 5.95 Å². The van der Waals surface area contributed by atoms with Crippen molar-refractivity contribution < 1.29 is 4.74 Å². The summed E-state index contributed by atoms with van der Waals surface area (Å²) in [5.74, 6) is 2.42. The molecule has 2 N–H and O–H groups in total. The number of methoxy groups -OCH3 is 1. The summed E-state index contributed by atoms with van der Waals surface area (Å²) < 4.78 is 5.24. The maximum absolute atomic E-state index is 5.24. The first-order valence-corrected chi connectivity index (χ1v) is 8.25. The molecule has 0 saturated carbocycles. The minimum absolute atomic E-state index is 0.661. The molecule has 0 spiro atoms. The zero-order valence-corrected chi connectivity index (χ0v) is 14.0. The molecule has 0 fully saturated rings. The van der Waals surface area contributed by atoms with E-state index in [4.69, 9.17) is 4.74 Å². The molecule has 1 aromatic carbocycles. The van der Waals surface area contributed by atoms with Crippen LogP contribution in [0.4, 0.5) is 11.8 Å². The Balaban J connectivity index is 1.78. The third kappa shape index (κ3) is 6.14. The zero-order valence-electron chi connectivity index (χ0n) is 14.0. The number of hydrogen-bond acceptors (Lipinski definition) is 5. The van der Waals surface area contributed by atoms with Crippen LogP contribution in [-0.2, 0) is 6.42 Å². The normalized spacial score (nSPS) is 10.3. The van der Waals surface area contributed by atoms with Gasteiger partial charge in [-0.25, -0.2) is 4.98 Å². The Morgan fingerprint density at radius 2 is 2.00 bits per heavy atom. The number of ether oxygens (including phenoxy) is 1. The molecular formula is C18H26N4O. The van der Waals surface area contributed by atoms with Gasteiger partial charge in [-0.15, -0.1) is 0 Å². The van der Waals surface area contributed by atoms with Gasteiger partial charge in [0.2, 0.25) is 5.95 Å². The molecule has 0 atom stereocenters. The Hall–Kier alpha value is -2.30. The van der Waals surface area contributed by atoms with E-state index in [2.05, 4.69) is 33.6 Å². The summed E-state index contributed by atoms with van der Waals surface area (Å²) in [6.45, 7) is 3.94. The minimum atomic E-state index is 0.661. The topological polar surface area (TPSA) is 59.1 Å². The highest BCUT2D eigenvalue weighted by Gasteiger charge is 2.00. The highest BCUT2D eigenvalue weighted by Crippen LogP contribution is 2.13. The van der Waals surface area contributed by atoms with Crippen LogP contribution in [0.3, 0.4) is 0 Å². The van der Waals surface area contributed by atoms with E-state index in [1.807, 2.05) is 24.3 Å². The van der Waals surface area contributed by atoms with E-state index in [1.165, 1.54) is 24.8 Å². The molecule has 2 rings (SSSR count). The lowest BCUT2D eigenvalue weighted by molar-refractivity contribution is 0.414. The van der Waals surface area contributed by atoms with E-state index in [9.17, 15) is 0 Å². The smallest absolute Gasteiger partial charge is 0.224 e. The van der Waals surface area contributed by atoms with Crippen LogP contribution >= 0.6 is 0 Å². The lowest BCUT2D eigenvalue weighted by atomic mass is 10.1. The standard InChI is InChI=1S/C18H26N4O/c1-3-4-5-11-19-17-10-13-21-18(22-17)20-12-9-15-7-6-8-16(14-15)23-2/h6-8,10,13-14H,3-5,9,11-12H2,1-2H3,(H2,19,20,21,22). The zero-order chi connectivity index (χ0) is 16.3. The second-order valence-electron chi connectivity index (χ2n) is 5.43. The van der Waals surface area contributed by atoms with E-state index in [-0.39, 0.29) is 0 Å². The number of unbranched alkanes of at least 4 members (excludes halogenated alkanes) is 2. The third-order valence-corrected chi connectivity index (χ3v) is 3.57.